The molecule has 210 valence electrons. The molecule has 39 heavy (non-hydrogen) atoms. The Hall–Kier alpha value is -3.08. The van der Waals surface area contributed by atoms with Gasteiger partial charge in [0.1, 0.15) is 34.2 Å². The van der Waals surface area contributed by atoms with E-state index in [9.17, 15) is 19.8 Å². The number of fused-ring (bicyclic) bond motifs is 3. The molecule has 5 atom stereocenters. The highest BCUT2D eigenvalue weighted by Crippen LogP contribution is 2.69. The fourth-order valence-corrected chi connectivity index (χ4v) is 7.71. The highest BCUT2D eigenvalue weighted by Gasteiger charge is 2.83. The zero-order chi connectivity index (χ0) is 28.2. The first-order valence-electron chi connectivity index (χ1n) is 13.1. The van der Waals surface area contributed by atoms with Crippen LogP contribution < -0.4 is 24.6 Å². The van der Waals surface area contributed by atoms with Crippen LogP contribution >= 0.6 is 0 Å². The largest absolute Gasteiger partial charge is 0.493 e. The Balaban J connectivity index is 1.50. The first-order chi connectivity index (χ1) is 18.3. The van der Waals surface area contributed by atoms with Gasteiger partial charge < -0.3 is 38.3 Å². The standard InChI is InChI=1S/C29H34O10/c1-25(2)13-21-23(30)27(14-37-21)28(25,32)8-7-26(3)29(27,33)12-16-18(39-26)11-17(38-24(16)31)15-9-19(34-4)22(36-6)20(10-15)35-5/h9-11,21,32-33H,7-8,12-14H2,1-6H3. The summed E-state index contributed by atoms with van der Waals surface area (Å²) in [5, 5.41) is 24.7. The second kappa shape index (κ2) is 7.99. The number of hydrogen-bond donors (Lipinski definition) is 2. The number of benzene rings is 1. The molecule has 2 aliphatic heterocycles. The molecule has 1 aromatic heterocycles. The van der Waals surface area contributed by atoms with E-state index in [1.165, 1.54) is 21.3 Å². The molecule has 4 aliphatic rings. The van der Waals surface area contributed by atoms with Crippen LogP contribution in [0.15, 0.2) is 27.4 Å². The summed E-state index contributed by atoms with van der Waals surface area (Å²) in [6.07, 6.45) is -0.0998. The Labute approximate surface area is 225 Å². The van der Waals surface area contributed by atoms with E-state index in [0.29, 0.717) is 29.2 Å². The summed E-state index contributed by atoms with van der Waals surface area (Å²) in [6.45, 7) is 5.39. The number of ether oxygens (including phenoxy) is 5. The van der Waals surface area contributed by atoms with E-state index in [0.717, 1.165) is 0 Å². The lowest BCUT2D eigenvalue weighted by atomic mass is 9.40. The zero-order valence-electron chi connectivity index (χ0n) is 23.0. The molecule has 2 aliphatic carbocycles. The Morgan fingerprint density at radius 2 is 1.59 bits per heavy atom. The van der Waals surface area contributed by atoms with E-state index in [1.807, 2.05) is 13.8 Å². The quantitative estimate of drug-likeness (QED) is 0.594. The van der Waals surface area contributed by atoms with Gasteiger partial charge in [-0.1, -0.05) is 13.8 Å². The first-order valence-corrected chi connectivity index (χ1v) is 13.1. The number of carbonyl (C=O) groups excluding carboxylic acids is 1. The van der Waals surface area contributed by atoms with E-state index in [1.54, 1.807) is 25.1 Å². The van der Waals surface area contributed by atoms with E-state index < -0.39 is 39.4 Å². The number of methoxy groups -OCH3 is 3. The number of ketones is 1. The van der Waals surface area contributed by atoms with Crippen molar-refractivity contribution in [1.29, 1.82) is 0 Å². The van der Waals surface area contributed by atoms with Gasteiger partial charge in [0.15, 0.2) is 17.3 Å². The maximum atomic E-state index is 13.8. The second-order valence-electron chi connectivity index (χ2n) is 12.0. The number of carbonyl (C=O) groups is 1. The van der Waals surface area contributed by atoms with Crippen LogP contribution in [-0.4, -0.2) is 66.8 Å². The number of rotatable bonds is 4. The van der Waals surface area contributed by atoms with Gasteiger partial charge in [-0.25, -0.2) is 4.79 Å². The third-order valence-corrected chi connectivity index (χ3v) is 10.0. The van der Waals surface area contributed by atoms with Crippen LogP contribution in [-0.2, 0) is 16.0 Å². The summed E-state index contributed by atoms with van der Waals surface area (Å²) in [7, 11) is 4.47. The van der Waals surface area contributed by atoms with Crippen molar-refractivity contribution in [3.05, 3.63) is 34.2 Å². The molecule has 2 aromatic rings. The minimum absolute atomic E-state index is 0.101. The summed E-state index contributed by atoms with van der Waals surface area (Å²) in [5.41, 5.74) is -7.22. The topological polar surface area (TPSA) is 134 Å². The number of Topliss-reactive ketones (excluding diaryl/α,β-unsaturated/α-hetero) is 1. The average molecular weight is 543 g/mol. The average Bonchev–Trinajstić information content (AvgIpc) is 3.17. The lowest BCUT2D eigenvalue weighted by Crippen LogP contribution is -2.83. The maximum absolute atomic E-state index is 13.8. The minimum atomic E-state index is -1.91. The van der Waals surface area contributed by atoms with Gasteiger partial charge in [-0.05, 0) is 43.7 Å². The molecule has 1 saturated heterocycles. The monoisotopic (exact) mass is 542 g/mol. The molecule has 10 heteroatoms. The summed E-state index contributed by atoms with van der Waals surface area (Å²) in [4.78, 5) is 27.3. The normalized spacial score (nSPS) is 35.8. The lowest BCUT2D eigenvalue weighted by molar-refractivity contribution is -0.307. The molecule has 2 saturated carbocycles. The van der Waals surface area contributed by atoms with Gasteiger partial charge in [-0.2, -0.15) is 0 Å². The van der Waals surface area contributed by atoms with Gasteiger partial charge in [0.05, 0.1) is 39.1 Å². The van der Waals surface area contributed by atoms with Crippen molar-refractivity contribution >= 4 is 5.78 Å². The van der Waals surface area contributed by atoms with Crippen molar-refractivity contribution in [1.82, 2.24) is 0 Å². The van der Waals surface area contributed by atoms with E-state index in [-0.39, 0.29) is 48.7 Å². The third-order valence-electron chi connectivity index (χ3n) is 10.0. The van der Waals surface area contributed by atoms with Crippen molar-refractivity contribution in [2.24, 2.45) is 10.8 Å². The molecule has 5 unspecified atom stereocenters. The third kappa shape index (κ3) is 2.97. The molecule has 2 N–H and O–H groups in total. The summed E-state index contributed by atoms with van der Waals surface area (Å²) in [6, 6.07) is 4.91. The zero-order valence-corrected chi connectivity index (χ0v) is 23.0. The van der Waals surface area contributed by atoms with E-state index in [4.69, 9.17) is 28.1 Å². The molecule has 1 spiro atoms. The van der Waals surface area contributed by atoms with E-state index in [2.05, 4.69) is 0 Å². The fourth-order valence-electron chi connectivity index (χ4n) is 7.71. The molecule has 0 amide bonds. The van der Waals surface area contributed by atoms with Crippen molar-refractivity contribution in [2.75, 3.05) is 27.9 Å². The van der Waals surface area contributed by atoms with Gasteiger partial charge in [-0.3, -0.25) is 4.79 Å². The molecule has 2 bridgehead atoms. The molecule has 0 radical (unpaired) electrons. The van der Waals surface area contributed by atoms with Crippen LogP contribution in [0.3, 0.4) is 0 Å². The lowest BCUT2D eigenvalue weighted by Gasteiger charge is -2.68. The van der Waals surface area contributed by atoms with Crippen LogP contribution in [0.5, 0.6) is 23.0 Å². The van der Waals surface area contributed by atoms with Gasteiger partial charge >= 0.3 is 5.63 Å². The fraction of sp³-hybridized carbons (Fsp3) is 0.586. The van der Waals surface area contributed by atoms with Crippen LogP contribution in [0, 0.1) is 10.8 Å². The Bertz CT molecular complexity index is 1420. The Morgan fingerprint density at radius 1 is 0.923 bits per heavy atom. The number of hydrogen-bond acceptors (Lipinski definition) is 10. The molecule has 6 rings (SSSR count). The smallest absolute Gasteiger partial charge is 0.343 e. The van der Waals surface area contributed by atoms with Crippen molar-refractivity contribution in [3.8, 4) is 34.3 Å². The summed E-state index contributed by atoms with van der Waals surface area (Å²) in [5.74, 6) is 1.29. The van der Waals surface area contributed by atoms with Gasteiger partial charge in [0.2, 0.25) is 5.75 Å². The number of aliphatic hydroxyl groups is 2. The predicted molar refractivity (Wildman–Crippen MR) is 138 cm³/mol. The van der Waals surface area contributed by atoms with Crippen LogP contribution in [0.4, 0.5) is 0 Å². The van der Waals surface area contributed by atoms with Gasteiger partial charge in [-0.15, -0.1) is 0 Å². The minimum Gasteiger partial charge on any atom is -0.493 e. The second-order valence-corrected chi connectivity index (χ2v) is 12.0. The summed E-state index contributed by atoms with van der Waals surface area (Å²) < 4.78 is 34.4. The SMILES string of the molecule is COc1cc(-c2cc3c(c(=O)o2)CC2(O)C(C)(CCC4(O)C(C)(C)CC5OCC42C5=O)O3)cc(OC)c1OC. The van der Waals surface area contributed by atoms with Crippen molar-refractivity contribution in [3.63, 3.8) is 0 Å². The Morgan fingerprint density at radius 3 is 2.21 bits per heavy atom. The molecule has 3 heterocycles. The highest BCUT2D eigenvalue weighted by molar-refractivity contribution is 5.95. The maximum Gasteiger partial charge on any atom is 0.343 e. The van der Waals surface area contributed by atoms with Crippen LogP contribution in [0.1, 0.15) is 45.6 Å². The van der Waals surface area contributed by atoms with Crippen LogP contribution in [0.2, 0.25) is 0 Å². The van der Waals surface area contributed by atoms with Gasteiger partial charge in [0.25, 0.3) is 0 Å². The first kappa shape index (κ1) is 26.2. The highest BCUT2D eigenvalue weighted by atomic mass is 16.5. The molecular weight excluding hydrogens is 508 g/mol. The Kier molecular flexibility index (Phi) is 5.36. The predicted octanol–water partition coefficient (Wildman–Crippen LogP) is 2.67. The summed E-state index contributed by atoms with van der Waals surface area (Å²) >= 11 is 0. The van der Waals surface area contributed by atoms with Crippen molar-refractivity contribution < 1.29 is 43.1 Å². The molecule has 3 fully saturated rings. The van der Waals surface area contributed by atoms with Crippen LogP contribution in [0.25, 0.3) is 11.3 Å². The van der Waals surface area contributed by atoms with Crippen molar-refractivity contribution in [2.45, 2.75) is 69.4 Å². The van der Waals surface area contributed by atoms with E-state index >= 15 is 0 Å². The molecule has 1 aromatic carbocycles. The van der Waals surface area contributed by atoms with Gasteiger partial charge in [0, 0.05) is 18.1 Å². The molecule has 10 nitrogen and oxygen atoms in total. The molecular formula is C29H34O10.